The van der Waals surface area contributed by atoms with E-state index < -0.39 is 11.7 Å². The molecule has 22 heavy (non-hydrogen) atoms. The number of aromatic nitrogens is 2. The minimum Gasteiger partial charge on any atom is -0.398 e. The second-order valence-electron chi connectivity index (χ2n) is 5.80. The highest BCUT2D eigenvalue weighted by atomic mass is 19.4. The van der Waals surface area contributed by atoms with Crippen molar-refractivity contribution in [1.29, 1.82) is 0 Å². The van der Waals surface area contributed by atoms with Gasteiger partial charge in [-0.1, -0.05) is 25.3 Å². The van der Waals surface area contributed by atoms with E-state index in [0.29, 0.717) is 11.6 Å². The molecule has 2 N–H and O–H groups in total. The van der Waals surface area contributed by atoms with E-state index in [0.717, 1.165) is 30.5 Å². The van der Waals surface area contributed by atoms with E-state index in [1.54, 1.807) is 6.20 Å². The summed E-state index contributed by atoms with van der Waals surface area (Å²) < 4.78 is 40.0. The Bertz CT molecular complexity index is 655. The lowest BCUT2D eigenvalue weighted by Crippen LogP contribution is -2.12. The molecule has 1 aliphatic rings. The Kier molecular flexibility index (Phi) is 3.85. The lowest BCUT2D eigenvalue weighted by molar-refractivity contribution is -0.137. The zero-order valence-electron chi connectivity index (χ0n) is 12.1. The Hall–Kier alpha value is -1.98. The molecular formula is C16H18F3N3. The third-order valence-electron chi connectivity index (χ3n) is 4.24. The van der Waals surface area contributed by atoms with Crippen LogP contribution < -0.4 is 5.73 Å². The van der Waals surface area contributed by atoms with Gasteiger partial charge in [-0.05, 0) is 25.0 Å². The van der Waals surface area contributed by atoms with Crippen molar-refractivity contribution in [3.63, 3.8) is 0 Å². The fourth-order valence-electron chi connectivity index (χ4n) is 3.02. The molecule has 6 heteroatoms. The van der Waals surface area contributed by atoms with Gasteiger partial charge in [-0.2, -0.15) is 18.3 Å². The topological polar surface area (TPSA) is 43.8 Å². The first kappa shape index (κ1) is 14.9. The number of benzene rings is 1. The minimum absolute atomic E-state index is 0.123. The van der Waals surface area contributed by atoms with Gasteiger partial charge in [0.15, 0.2) is 0 Å². The quantitative estimate of drug-likeness (QED) is 0.820. The van der Waals surface area contributed by atoms with Crippen LogP contribution in [0.25, 0.3) is 11.1 Å². The molecule has 0 bridgehead atoms. The summed E-state index contributed by atoms with van der Waals surface area (Å²) in [5.41, 5.74) is 6.55. The molecule has 3 nitrogen and oxygen atoms in total. The number of nitrogens with zero attached hydrogens (tertiary/aromatic N) is 2. The van der Waals surface area contributed by atoms with Crippen molar-refractivity contribution < 1.29 is 13.2 Å². The molecule has 0 radical (unpaired) electrons. The van der Waals surface area contributed by atoms with E-state index in [1.165, 1.54) is 25.3 Å². The number of nitrogens with two attached hydrogens (primary N) is 1. The van der Waals surface area contributed by atoms with Crippen molar-refractivity contribution in [2.45, 2.75) is 44.3 Å². The average molecular weight is 309 g/mol. The van der Waals surface area contributed by atoms with Gasteiger partial charge in [0.05, 0.1) is 17.8 Å². The maximum absolute atomic E-state index is 12.7. The first-order valence-corrected chi connectivity index (χ1v) is 7.46. The second kappa shape index (κ2) is 5.66. The summed E-state index contributed by atoms with van der Waals surface area (Å²) >= 11 is 0. The molecule has 1 heterocycles. The summed E-state index contributed by atoms with van der Waals surface area (Å²) in [6.07, 6.45) is 5.04. The number of hydrogen-bond acceptors (Lipinski definition) is 2. The van der Waals surface area contributed by atoms with Crippen molar-refractivity contribution >= 4 is 5.69 Å². The fraction of sp³-hybridized carbons (Fsp3) is 0.438. The molecule has 3 rings (SSSR count). The van der Waals surface area contributed by atoms with Crippen molar-refractivity contribution in [1.82, 2.24) is 9.78 Å². The number of hydrogen-bond donors (Lipinski definition) is 1. The Morgan fingerprint density at radius 2 is 1.86 bits per heavy atom. The molecule has 1 fully saturated rings. The highest BCUT2D eigenvalue weighted by Gasteiger charge is 2.31. The van der Waals surface area contributed by atoms with Gasteiger partial charge in [0.1, 0.15) is 0 Å². The summed E-state index contributed by atoms with van der Waals surface area (Å²) in [6, 6.07) is 3.84. The minimum atomic E-state index is -4.38. The molecule has 1 aromatic heterocycles. The maximum atomic E-state index is 12.7. The first-order valence-electron chi connectivity index (χ1n) is 7.46. The van der Waals surface area contributed by atoms with Crippen molar-refractivity contribution in [2.24, 2.45) is 0 Å². The van der Waals surface area contributed by atoms with Crippen LogP contribution in [-0.2, 0) is 6.18 Å². The number of halogens is 3. The standard InChI is InChI=1S/C16H18F3N3/c17-16(18,19)12-6-7-14(15(20)8-12)11-9-21-22(10-11)13-4-2-1-3-5-13/h6-10,13H,1-5,20H2. The molecule has 0 unspecified atom stereocenters. The van der Waals surface area contributed by atoms with Gasteiger partial charge in [0.2, 0.25) is 0 Å². The van der Waals surface area contributed by atoms with E-state index in [9.17, 15) is 13.2 Å². The SMILES string of the molecule is Nc1cc(C(F)(F)F)ccc1-c1cnn(C2CCCCC2)c1. The smallest absolute Gasteiger partial charge is 0.398 e. The Balaban J connectivity index is 1.87. The molecule has 0 atom stereocenters. The number of nitrogen functional groups attached to an aromatic ring is 1. The van der Waals surface area contributed by atoms with Gasteiger partial charge in [-0.3, -0.25) is 4.68 Å². The molecule has 1 saturated carbocycles. The van der Waals surface area contributed by atoms with Gasteiger partial charge >= 0.3 is 6.18 Å². The van der Waals surface area contributed by atoms with Crippen LogP contribution in [0.3, 0.4) is 0 Å². The van der Waals surface area contributed by atoms with Gasteiger partial charge in [-0.25, -0.2) is 0 Å². The van der Waals surface area contributed by atoms with Crippen LogP contribution in [0.15, 0.2) is 30.6 Å². The highest BCUT2D eigenvalue weighted by molar-refractivity contribution is 5.76. The number of anilines is 1. The molecule has 1 aromatic carbocycles. The predicted octanol–water partition coefficient (Wildman–Crippen LogP) is 4.66. The summed E-state index contributed by atoms with van der Waals surface area (Å²) in [5.74, 6) is 0. The zero-order chi connectivity index (χ0) is 15.7. The van der Waals surface area contributed by atoms with E-state index in [-0.39, 0.29) is 5.69 Å². The predicted molar refractivity (Wildman–Crippen MR) is 79.2 cm³/mol. The molecule has 118 valence electrons. The molecule has 0 spiro atoms. The molecule has 0 saturated heterocycles. The van der Waals surface area contributed by atoms with E-state index in [4.69, 9.17) is 5.73 Å². The van der Waals surface area contributed by atoms with Crippen LogP contribution in [0.1, 0.15) is 43.7 Å². The van der Waals surface area contributed by atoms with Crippen molar-refractivity contribution in [3.8, 4) is 11.1 Å². The lowest BCUT2D eigenvalue weighted by Gasteiger charge is -2.21. The zero-order valence-corrected chi connectivity index (χ0v) is 12.1. The Morgan fingerprint density at radius 1 is 1.14 bits per heavy atom. The second-order valence-corrected chi connectivity index (χ2v) is 5.80. The third kappa shape index (κ3) is 2.96. The number of rotatable bonds is 2. The number of alkyl halides is 3. The van der Waals surface area contributed by atoms with E-state index >= 15 is 0 Å². The van der Waals surface area contributed by atoms with Crippen molar-refractivity contribution in [3.05, 3.63) is 36.2 Å². The summed E-state index contributed by atoms with van der Waals surface area (Å²) in [4.78, 5) is 0. The van der Waals surface area contributed by atoms with Gasteiger partial charge < -0.3 is 5.73 Å². The van der Waals surface area contributed by atoms with Crippen LogP contribution >= 0.6 is 0 Å². The first-order chi connectivity index (χ1) is 10.4. The Labute approximate surface area is 126 Å². The molecule has 1 aliphatic carbocycles. The summed E-state index contributed by atoms with van der Waals surface area (Å²) in [7, 11) is 0. The van der Waals surface area contributed by atoms with Crippen molar-refractivity contribution in [2.75, 3.05) is 5.73 Å². The maximum Gasteiger partial charge on any atom is 0.416 e. The van der Waals surface area contributed by atoms with Crippen LogP contribution in [0.4, 0.5) is 18.9 Å². The summed E-state index contributed by atoms with van der Waals surface area (Å²) in [5, 5.41) is 4.37. The highest BCUT2D eigenvalue weighted by Crippen LogP contribution is 2.35. The fourth-order valence-corrected chi connectivity index (χ4v) is 3.02. The van der Waals surface area contributed by atoms with Crippen LogP contribution in [-0.4, -0.2) is 9.78 Å². The van der Waals surface area contributed by atoms with E-state index in [2.05, 4.69) is 5.10 Å². The molecule has 0 amide bonds. The summed E-state index contributed by atoms with van der Waals surface area (Å²) in [6.45, 7) is 0. The Morgan fingerprint density at radius 3 is 2.50 bits per heavy atom. The van der Waals surface area contributed by atoms with Gasteiger partial charge in [-0.15, -0.1) is 0 Å². The molecular weight excluding hydrogens is 291 g/mol. The van der Waals surface area contributed by atoms with Crippen LogP contribution in [0.2, 0.25) is 0 Å². The lowest BCUT2D eigenvalue weighted by atomic mass is 9.96. The van der Waals surface area contributed by atoms with Gasteiger partial charge in [0.25, 0.3) is 0 Å². The monoisotopic (exact) mass is 309 g/mol. The molecule has 2 aromatic rings. The largest absolute Gasteiger partial charge is 0.416 e. The van der Waals surface area contributed by atoms with Crippen LogP contribution in [0, 0.1) is 0 Å². The van der Waals surface area contributed by atoms with Gasteiger partial charge in [0, 0.05) is 23.0 Å². The normalized spacial score (nSPS) is 16.9. The average Bonchev–Trinajstić information content (AvgIpc) is 2.96. The van der Waals surface area contributed by atoms with E-state index in [1.807, 2.05) is 10.9 Å². The molecule has 0 aliphatic heterocycles. The van der Waals surface area contributed by atoms with Crippen LogP contribution in [0.5, 0.6) is 0 Å². The third-order valence-corrected chi connectivity index (χ3v) is 4.24.